The Morgan fingerprint density at radius 1 is 1.25 bits per heavy atom. The lowest BCUT2D eigenvalue weighted by Gasteiger charge is -2.31. The maximum absolute atomic E-state index is 12.8. The van der Waals surface area contributed by atoms with Crippen molar-refractivity contribution in [3.63, 3.8) is 0 Å². The molecule has 0 aromatic carbocycles. The van der Waals surface area contributed by atoms with Gasteiger partial charge >= 0.3 is 0 Å². The standard InChI is InChI=1S/C17H17N5O4S2/c1-28(25,26)17-14(19-20-27-17)11-5-8-21(9-6-11)15(23)12-10-18-13-4-2-3-7-22(13)16(12)24/h2-4,7,10-11H,5-6,8-9H2,1H3. The second-order valence-corrected chi connectivity index (χ2v) is 9.66. The molecule has 0 saturated carbocycles. The van der Waals surface area contributed by atoms with Crippen LogP contribution < -0.4 is 5.56 Å². The molecule has 146 valence electrons. The first-order valence-corrected chi connectivity index (χ1v) is 11.3. The van der Waals surface area contributed by atoms with Crippen LogP contribution in [0.2, 0.25) is 0 Å². The Labute approximate surface area is 164 Å². The van der Waals surface area contributed by atoms with Crippen molar-refractivity contribution >= 4 is 32.9 Å². The molecular formula is C17H17N5O4S2. The average molecular weight is 419 g/mol. The number of carbonyl (C=O) groups is 1. The highest BCUT2D eigenvalue weighted by Gasteiger charge is 2.31. The lowest BCUT2D eigenvalue weighted by atomic mass is 9.94. The number of likely N-dealkylation sites (tertiary alicyclic amines) is 1. The number of aromatic nitrogens is 4. The molecule has 0 N–H and O–H groups in total. The molecule has 3 aromatic heterocycles. The van der Waals surface area contributed by atoms with Gasteiger partial charge in [0.05, 0.1) is 5.69 Å². The number of pyridine rings is 1. The predicted molar refractivity (Wildman–Crippen MR) is 102 cm³/mol. The van der Waals surface area contributed by atoms with E-state index in [0.717, 1.165) is 17.8 Å². The topological polar surface area (TPSA) is 115 Å². The van der Waals surface area contributed by atoms with E-state index in [-0.39, 0.29) is 21.6 Å². The molecule has 1 saturated heterocycles. The van der Waals surface area contributed by atoms with Gasteiger partial charge in [0.15, 0.2) is 14.0 Å². The molecule has 1 fully saturated rings. The van der Waals surface area contributed by atoms with E-state index in [9.17, 15) is 18.0 Å². The highest BCUT2D eigenvalue weighted by Crippen LogP contribution is 2.32. The summed E-state index contributed by atoms with van der Waals surface area (Å²) in [4.78, 5) is 31.2. The molecule has 28 heavy (non-hydrogen) atoms. The molecule has 1 amide bonds. The van der Waals surface area contributed by atoms with Crippen LogP contribution in [0.3, 0.4) is 0 Å². The van der Waals surface area contributed by atoms with Crippen LogP contribution in [-0.2, 0) is 9.84 Å². The number of nitrogens with zero attached hydrogens (tertiary/aromatic N) is 5. The van der Waals surface area contributed by atoms with E-state index in [0.29, 0.717) is 37.3 Å². The molecule has 0 unspecified atom stereocenters. The van der Waals surface area contributed by atoms with Gasteiger partial charge in [0, 0.05) is 49.2 Å². The Morgan fingerprint density at radius 3 is 2.71 bits per heavy atom. The van der Waals surface area contributed by atoms with Crippen LogP contribution in [0.15, 0.2) is 39.6 Å². The van der Waals surface area contributed by atoms with Crippen LogP contribution in [0, 0.1) is 0 Å². The molecule has 1 aliphatic heterocycles. The summed E-state index contributed by atoms with van der Waals surface area (Å²) in [7, 11) is -3.38. The summed E-state index contributed by atoms with van der Waals surface area (Å²) in [6, 6.07) is 5.17. The van der Waals surface area contributed by atoms with Crippen molar-refractivity contribution < 1.29 is 13.2 Å². The summed E-state index contributed by atoms with van der Waals surface area (Å²) in [5, 5.41) is 4.01. The zero-order valence-electron chi connectivity index (χ0n) is 15.0. The zero-order valence-corrected chi connectivity index (χ0v) is 16.6. The number of hydrogen-bond donors (Lipinski definition) is 0. The number of piperidine rings is 1. The highest BCUT2D eigenvalue weighted by atomic mass is 32.2. The number of fused-ring (bicyclic) bond motifs is 1. The first-order valence-electron chi connectivity index (χ1n) is 8.64. The van der Waals surface area contributed by atoms with Crippen LogP contribution in [0.1, 0.15) is 34.8 Å². The normalized spacial score (nSPS) is 15.8. The third-order valence-electron chi connectivity index (χ3n) is 4.83. The monoisotopic (exact) mass is 419 g/mol. The molecule has 0 radical (unpaired) electrons. The highest BCUT2D eigenvalue weighted by molar-refractivity contribution is 7.92. The second-order valence-electron chi connectivity index (χ2n) is 6.69. The largest absolute Gasteiger partial charge is 0.338 e. The minimum Gasteiger partial charge on any atom is -0.338 e. The summed E-state index contributed by atoms with van der Waals surface area (Å²) in [5.41, 5.74) is 0.578. The minimum absolute atomic E-state index is 0.0225. The maximum atomic E-state index is 12.8. The van der Waals surface area contributed by atoms with Gasteiger partial charge in [-0.05, 0) is 25.0 Å². The van der Waals surface area contributed by atoms with Gasteiger partial charge < -0.3 is 4.90 Å². The fourth-order valence-corrected chi connectivity index (χ4v) is 5.13. The van der Waals surface area contributed by atoms with Gasteiger partial charge in [-0.3, -0.25) is 14.0 Å². The van der Waals surface area contributed by atoms with Crippen molar-refractivity contribution in [2.24, 2.45) is 0 Å². The van der Waals surface area contributed by atoms with Gasteiger partial charge in [-0.15, -0.1) is 5.10 Å². The van der Waals surface area contributed by atoms with Crippen LogP contribution >= 0.6 is 11.5 Å². The number of rotatable bonds is 3. The molecule has 3 aromatic rings. The third-order valence-corrected chi connectivity index (χ3v) is 7.38. The Morgan fingerprint density at radius 2 is 2.00 bits per heavy atom. The van der Waals surface area contributed by atoms with E-state index in [4.69, 9.17) is 0 Å². The smallest absolute Gasteiger partial charge is 0.270 e. The summed E-state index contributed by atoms with van der Waals surface area (Å²) in [6.07, 6.45) is 5.16. The van der Waals surface area contributed by atoms with Gasteiger partial charge in [0.1, 0.15) is 11.2 Å². The van der Waals surface area contributed by atoms with E-state index in [1.807, 2.05) is 0 Å². The number of amides is 1. The van der Waals surface area contributed by atoms with Crippen LogP contribution in [0.5, 0.6) is 0 Å². The molecule has 0 bridgehead atoms. The van der Waals surface area contributed by atoms with Crippen LogP contribution in [-0.4, -0.2) is 57.5 Å². The molecule has 0 aliphatic carbocycles. The Balaban J connectivity index is 1.53. The molecule has 4 heterocycles. The molecule has 1 aliphatic rings. The van der Waals surface area contributed by atoms with E-state index in [1.165, 1.54) is 10.6 Å². The first-order chi connectivity index (χ1) is 13.4. The number of carbonyl (C=O) groups excluding carboxylic acids is 1. The van der Waals surface area contributed by atoms with Crippen LogP contribution in [0.25, 0.3) is 5.65 Å². The summed E-state index contributed by atoms with van der Waals surface area (Å²) in [5.74, 6) is -0.447. The SMILES string of the molecule is CS(=O)(=O)c1snnc1C1CCN(C(=O)c2cnc3ccccn3c2=O)CC1. The Kier molecular flexibility index (Phi) is 4.71. The molecule has 9 nitrogen and oxygen atoms in total. The van der Waals surface area contributed by atoms with Gasteiger partial charge in [-0.25, -0.2) is 13.4 Å². The van der Waals surface area contributed by atoms with E-state index in [1.54, 1.807) is 29.3 Å². The van der Waals surface area contributed by atoms with Crippen LogP contribution in [0.4, 0.5) is 0 Å². The lowest BCUT2D eigenvalue weighted by Crippen LogP contribution is -2.40. The number of hydrogen-bond acceptors (Lipinski definition) is 8. The lowest BCUT2D eigenvalue weighted by molar-refractivity contribution is 0.0709. The fraction of sp³-hybridized carbons (Fsp3) is 0.353. The molecular weight excluding hydrogens is 402 g/mol. The maximum Gasteiger partial charge on any atom is 0.270 e. The van der Waals surface area contributed by atoms with Gasteiger partial charge in [-0.1, -0.05) is 10.6 Å². The summed E-state index contributed by atoms with van der Waals surface area (Å²) >= 11 is 0.875. The van der Waals surface area contributed by atoms with Crippen molar-refractivity contribution in [2.45, 2.75) is 23.0 Å². The van der Waals surface area contributed by atoms with Gasteiger partial charge in [0.2, 0.25) is 0 Å². The molecule has 4 rings (SSSR count). The molecule has 0 spiro atoms. The van der Waals surface area contributed by atoms with E-state index >= 15 is 0 Å². The zero-order chi connectivity index (χ0) is 19.9. The Hall–Kier alpha value is -2.66. The second kappa shape index (κ2) is 7.06. The predicted octanol–water partition coefficient (Wildman–Crippen LogP) is 0.969. The summed E-state index contributed by atoms with van der Waals surface area (Å²) < 4.78 is 29.1. The fourth-order valence-electron chi connectivity index (χ4n) is 3.39. The first kappa shape index (κ1) is 18.7. The molecule has 0 atom stereocenters. The van der Waals surface area contributed by atoms with E-state index in [2.05, 4.69) is 14.6 Å². The van der Waals surface area contributed by atoms with Crippen molar-refractivity contribution in [3.8, 4) is 0 Å². The van der Waals surface area contributed by atoms with Gasteiger partial charge in [0.25, 0.3) is 11.5 Å². The van der Waals surface area contributed by atoms with Gasteiger partial charge in [-0.2, -0.15) is 0 Å². The quantitative estimate of drug-likeness (QED) is 0.621. The summed E-state index contributed by atoms with van der Waals surface area (Å²) in [6.45, 7) is 0.808. The average Bonchev–Trinajstić information content (AvgIpc) is 3.19. The Bertz CT molecular complexity index is 1210. The van der Waals surface area contributed by atoms with Crippen molar-refractivity contribution in [2.75, 3.05) is 19.3 Å². The minimum atomic E-state index is -3.38. The third kappa shape index (κ3) is 3.31. The van der Waals surface area contributed by atoms with E-state index < -0.39 is 15.4 Å². The van der Waals surface area contributed by atoms with Crippen molar-refractivity contribution in [3.05, 3.63) is 52.2 Å². The van der Waals surface area contributed by atoms with Crippen molar-refractivity contribution in [1.29, 1.82) is 0 Å². The number of sulfone groups is 1. The molecule has 11 heteroatoms. The van der Waals surface area contributed by atoms with Crippen molar-refractivity contribution in [1.82, 2.24) is 23.9 Å².